The van der Waals surface area contributed by atoms with Gasteiger partial charge < -0.3 is 16.7 Å². The zero-order chi connectivity index (χ0) is 10.1. The van der Waals surface area contributed by atoms with Crippen molar-refractivity contribution < 1.29 is 5.11 Å². The molecule has 0 saturated carbocycles. The number of rotatable bonds is 1. The Morgan fingerprint density at radius 3 is 2.36 bits per heavy atom. The van der Waals surface area contributed by atoms with Crippen molar-refractivity contribution in [1.29, 1.82) is 0 Å². The molecule has 0 aliphatic carbocycles. The Hall–Kier alpha value is -2.17. The maximum atomic E-state index is 9.58. The van der Waals surface area contributed by atoms with Crippen molar-refractivity contribution >= 4 is 5.82 Å². The fraction of sp³-hybridized carbons (Fsp3) is 0. The van der Waals surface area contributed by atoms with Gasteiger partial charge in [-0.05, 0) is 0 Å². The van der Waals surface area contributed by atoms with Gasteiger partial charge in [-0.3, -0.25) is 0 Å². The molecule has 0 amide bonds. The van der Waals surface area contributed by atoms with Gasteiger partial charge in [-0.1, -0.05) is 30.3 Å². The lowest BCUT2D eigenvalue weighted by atomic mass is 10.1. The lowest BCUT2D eigenvalue weighted by Gasteiger charge is -1.95. The summed E-state index contributed by atoms with van der Waals surface area (Å²) in [6.07, 6.45) is 0. The fourth-order valence-corrected chi connectivity index (χ4v) is 1.23. The maximum absolute atomic E-state index is 9.58. The third kappa shape index (κ3) is 1.15. The first kappa shape index (κ1) is 8.43. The van der Waals surface area contributed by atoms with Crippen molar-refractivity contribution in [3.8, 4) is 17.0 Å². The van der Waals surface area contributed by atoms with Crippen LogP contribution < -0.4 is 11.6 Å². The standard InChI is InChI=1S/C9H10N4O/c10-9-8(14)7(12-13(9)11)6-4-2-1-3-5-6/h1-5,14H,10-11H2. The number of anilines is 1. The van der Waals surface area contributed by atoms with Crippen LogP contribution in [0.5, 0.6) is 5.75 Å². The summed E-state index contributed by atoms with van der Waals surface area (Å²) in [5.74, 6) is 5.37. The van der Waals surface area contributed by atoms with Gasteiger partial charge in [0.1, 0.15) is 5.69 Å². The summed E-state index contributed by atoms with van der Waals surface area (Å²) in [6, 6.07) is 9.22. The zero-order valence-electron chi connectivity index (χ0n) is 7.38. The first-order chi connectivity index (χ1) is 6.70. The summed E-state index contributed by atoms with van der Waals surface area (Å²) < 4.78 is 0. The molecule has 0 aliphatic rings. The molecule has 0 unspecified atom stereocenters. The first-order valence-electron chi connectivity index (χ1n) is 4.08. The number of nitrogens with zero attached hydrogens (tertiary/aromatic N) is 2. The summed E-state index contributed by atoms with van der Waals surface area (Å²) in [7, 11) is 0. The Morgan fingerprint density at radius 2 is 1.86 bits per heavy atom. The highest BCUT2D eigenvalue weighted by Gasteiger charge is 2.13. The monoisotopic (exact) mass is 190 g/mol. The molecule has 5 heteroatoms. The molecule has 0 saturated heterocycles. The van der Waals surface area contributed by atoms with E-state index < -0.39 is 0 Å². The first-order valence-corrected chi connectivity index (χ1v) is 4.08. The predicted molar refractivity (Wildman–Crippen MR) is 53.9 cm³/mol. The van der Waals surface area contributed by atoms with Crippen molar-refractivity contribution in [3.63, 3.8) is 0 Å². The van der Waals surface area contributed by atoms with Gasteiger partial charge in [-0.15, -0.1) is 5.10 Å². The molecule has 14 heavy (non-hydrogen) atoms. The molecule has 1 aromatic heterocycles. The lowest BCUT2D eigenvalue weighted by molar-refractivity contribution is 0.479. The van der Waals surface area contributed by atoms with Crippen molar-refractivity contribution in [2.45, 2.75) is 0 Å². The van der Waals surface area contributed by atoms with Gasteiger partial charge in [0.05, 0.1) is 0 Å². The van der Waals surface area contributed by atoms with Gasteiger partial charge in [0.15, 0.2) is 11.6 Å². The minimum atomic E-state index is -0.0845. The molecule has 0 spiro atoms. The molecule has 5 N–H and O–H groups in total. The Bertz CT molecular complexity index is 449. The number of nitrogens with two attached hydrogens (primary N) is 2. The smallest absolute Gasteiger partial charge is 0.188 e. The maximum Gasteiger partial charge on any atom is 0.188 e. The van der Waals surface area contributed by atoms with Gasteiger partial charge in [0, 0.05) is 5.56 Å². The van der Waals surface area contributed by atoms with Crippen LogP contribution in [0.15, 0.2) is 30.3 Å². The van der Waals surface area contributed by atoms with Crippen LogP contribution >= 0.6 is 0 Å². The second-order valence-electron chi connectivity index (χ2n) is 2.89. The van der Waals surface area contributed by atoms with Crippen LogP contribution in [0.4, 0.5) is 5.82 Å². The molecule has 0 aliphatic heterocycles. The highest BCUT2D eigenvalue weighted by atomic mass is 16.3. The molecular weight excluding hydrogens is 180 g/mol. The van der Waals surface area contributed by atoms with E-state index in [-0.39, 0.29) is 11.6 Å². The molecule has 0 radical (unpaired) electrons. The van der Waals surface area contributed by atoms with Crippen LogP contribution in [0.3, 0.4) is 0 Å². The summed E-state index contributed by atoms with van der Waals surface area (Å²) in [6.45, 7) is 0. The SMILES string of the molecule is Nc1c(O)c(-c2ccccc2)nn1N. The largest absolute Gasteiger partial charge is 0.503 e. The molecule has 5 nitrogen and oxygen atoms in total. The Morgan fingerprint density at radius 1 is 1.21 bits per heavy atom. The van der Waals surface area contributed by atoms with Crippen LogP contribution in [-0.2, 0) is 0 Å². The van der Waals surface area contributed by atoms with E-state index in [1.807, 2.05) is 30.3 Å². The van der Waals surface area contributed by atoms with Crippen LogP contribution in [0.1, 0.15) is 0 Å². The quantitative estimate of drug-likeness (QED) is 0.573. The molecule has 0 bridgehead atoms. The number of hydrogen-bond acceptors (Lipinski definition) is 4. The van der Waals surface area contributed by atoms with Gasteiger partial charge in [0.25, 0.3) is 0 Å². The van der Waals surface area contributed by atoms with E-state index >= 15 is 0 Å². The van der Waals surface area contributed by atoms with Gasteiger partial charge in [0.2, 0.25) is 0 Å². The number of aromatic hydroxyl groups is 1. The van der Waals surface area contributed by atoms with E-state index in [9.17, 15) is 5.11 Å². The number of benzene rings is 1. The third-order valence-electron chi connectivity index (χ3n) is 1.97. The van der Waals surface area contributed by atoms with Gasteiger partial charge in [-0.2, -0.15) is 4.79 Å². The summed E-state index contributed by atoms with van der Waals surface area (Å²) in [4.78, 5) is 0.956. The second-order valence-corrected chi connectivity index (χ2v) is 2.89. The molecule has 0 fully saturated rings. The molecule has 0 atom stereocenters. The molecule has 72 valence electrons. The van der Waals surface area contributed by atoms with Crippen LogP contribution in [0.25, 0.3) is 11.3 Å². The summed E-state index contributed by atoms with van der Waals surface area (Å²) in [5, 5.41) is 13.5. The fourth-order valence-electron chi connectivity index (χ4n) is 1.23. The van der Waals surface area contributed by atoms with Gasteiger partial charge in [-0.25, -0.2) is 0 Å². The summed E-state index contributed by atoms with van der Waals surface area (Å²) in [5.41, 5.74) is 6.64. The van der Waals surface area contributed by atoms with Crippen molar-refractivity contribution in [1.82, 2.24) is 9.89 Å². The number of aromatic nitrogens is 2. The molecular formula is C9H10N4O. The van der Waals surface area contributed by atoms with Crippen LogP contribution in [0.2, 0.25) is 0 Å². The highest BCUT2D eigenvalue weighted by Crippen LogP contribution is 2.31. The normalized spacial score (nSPS) is 10.3. The lowest BCUT2D eigenvalue weighted by Crippen LogP contribution is -2.12. The Balaban J connectivity index is 2.58. The minimum Gasteiger partial charge on any atom is -0.503 e. The molecule has 2 rings (SSSR count). The minimum absolute atomic E-state index is 0.0591. The Labute approximate surface area is 80.5 Å². The van der Waals surface area contributed by atoms with Gasteiger partial charge >= 0.3 is 0 Å². The van der Waals surface area contributed by atoms with E-state index in [0.29, 0.717) is 5.69 Å². The average molecular weight is 190 g/mol. The van der Waals surface area contributed by atoms with Crippen molar-refractivity contribution in [2.24, 2.45) is 0 Å². The second kappa shape index (κ2) is 2.95. The third-order valence-corrected chi connectivity index (χ3v) is 1.97. The van der Waals surface area contributed by atoms with E-state index in [0.717, 1.165) is 10.4 Å². The van der Waals surface area contributed by atoms with E-state index in [1.165, 1.54) is 0 Å². The zero-order valence-corrected chi connectivity index (χ0v) is 7.38. The predicted octanol–water partition coefficient (Wildman–Crippen LogP) is 0.552. The number of hydrogen-bond donors (Lipinski definition) is 3. The van der Waals surface area contributed by atoms with Crippen LogP contribution in [-0.4, -0.2) is 15.0 Å². The van der Waals surface area contributed by atoms with Crippen LogP contribution in [0, 0.1) is 0 Å². The summed E-state index contributed by atoms with van der Waals surface area (Å²) >= 11 is 0. The average Bonchev–Trinajstić information content (AvgIpc) is 2.47. The van der Waals surface area contributed by atoms with E-state index in [1.54, 1.807) is 0 Å². The Kier molecular flexibility index (Phi) is 1.78. The number of nitrogen functional groups attached to an aromatic ring is 2. The van der Waals surface area contributed by atoms with E-state index in [4.69, 9.17) is 11.6 Å². The highest BCUT2D eigenvalue weighted by molar-refractivity contribution is 5.71. The molecule has 1 heterocycles. The molecule has 1 aromatic carbocycles. The van der Waals surface area contributed by atoms with Crippen molar-refractivity contribution in [2.75, 3.05) is 11.6 Å². The van der Waals surface area contributed by atoms with Crippen molar-refractivity contribution in [3.05, 3.63) is 30.3 Å². The topological polar surface area (TPSA) is 90.1 Å². The van der Waals surface area contributed by atoms with E-state index in [2.05, 4.69) is 5.10 Å². The molecule has 2 aromatic rings.